The van der Waals surface area contributed by atoms with Crippen molar-refractivity contribution in [2.24, 2.45) is 0 Å². The number of carbonyl (C=O) groups excluding carboxylic acids is 1. The van der Waals surface area contributed by atoms with Crippen LogP contribution in [0.25, 0.3) is 0 Å². The number of amides is 1. The molecule has 1 unspecified atom stereocenters. The second-order valence-electron chi connectivity index (χ2n) is 7.60. The van der Waals surface area contributed by atoms with Crippen molar-refractivity contribution in [3.63, 3.8) is 0 Å². The molecule has 30 heavy (non-hydrogen) atoms. The Morgan fingerprint density at radius 2 is 1.90 bits per heavy atom. The standard InChI is InChI=1S/C20H24N2O8/c1-12-9-13(7-8-17(12)22(26)27)28-11-15-6-5-14(29-15)10-16(18(23)24)21-19(25)30-20(2,3)4/h5-9,16H,10-11H2,1-4H3,(H,21,25)(H,23,24). The Balaban J connectivity index is 1.96. The van der Waals surface area contributed by atoms with Gasteiger partial charge in [-0.1, -0.05) is 0 Å². The number of nitro groups is 1. The number of hydrogen-bond donors (Lipinski definition) is 2. The zero-order valence-electron chi connectivity index (χ0n) is 17.1. The molecule has 1 aromatic carbocycles. The van der Waals surface area contributed by atoms with Crippen LogP contribution in [-0.4, -0.2) is 33.7 Å². The number of nitro benzene ring substituents is 1. The number of aryl methyl sites for hydroxylation is 1. The molecule has 1 aromatic heterocycles. The summed E-state index contributed by atoms with van der Waals surface area (Å²) in [6, 6.07) is 6.38. The lowest BCUT2D eigenvalue weighted by Gasteiger charge is -2.21. The van der Waals surface area contributed by atoms with Crippen LogP contribution in [0.1, 0.15) is 37.9 Å². The van der Waals surface area contributed by atoms with Crippen LogP contribution in [0, 0.1) is 17.0 Å². The number of carbonyl (C=O) groups is 2. The number of aliphatic carboxylic acids is 1. The SMILES string of the molecule is Cc1cc(OCc2ccc(CC(NC(=O)OC(C)(C)C)C(=O)O)o2)ccc1[N+](=O)[O-]. The highest BCUT2D eigenvalue weighted by atomic mass is 16.6. The predicted molar refractivity (Wildman–Crippen MR) is 105 cm³/mol. The third kappa shape index (κ3) is 6.80. The molecule has 1 heterocycles. The van der Waals surface area contributed by atoms with Crippen LogP contribution < -0.4 is 10.1 Å². The lowest BCUT2D eigenvalue weighted by Crippen LogP contribution is -2.44. The van der Waals surface area contributed by atoms with Gasteiger partial charge in [-0.05, 0) is 52.0 Å². The maximum Gasteiger partial charge on any atom is 0.408 e. The number of ether oxygens (including phenoxy) is 2. The Morgan fingerprint density at radius 1 is 1.23 bits per heavy atom. The number of furan rings is 1. The fourth-order valence-electron chi connectivity index (χ4n) is 2.54. The topological polar surface area (TPSA) is 141 Å². The van der Waals surface area contributed by atoms with E-state index in [0.717, 1.165) is 0 Å². The van der Waals surface area contributed by atoms with E-state index >= 15 is 0 Å². The van der Waals surface area contributed by atoms with Crippen molar-refractivity contribution < 1.29 is 33.5 Å². The minimum Gasteiger partial charge on any atom is -0.486 e. The Kier molecular flexibility index (Phi) is 7.04. The molecule has 0 radical (unpaired) electrons. The second-order valence-corrected chi connectivity index (χ2v) is 7.60. The summed E-state index contributed by atoms with van der Waals surface area (Å²) in [6.45, 7) is 6.68. The van der Waals surface area contributed by atoms with Gasteiger partial charge in [0.25, 0.3) is 5.69 Å². The maximum absolute atomic E-state index is 11.8. The first-order valence-corrected chi connectivity index (χ1v) is 9.12. The number of carboxylic acids is 1. The van der Waals surface area contributed by atoms with Gasteiger partial charge in [0, 0.05) is 18.1 Å². The number of rotatable bonds is 8. The van der Waals surface area contributed by atoms with Crippen molar-refractivity contribution in [1.82, 2.24) is 5.32 Å². The van der Waals surface area contributed by atoms with E-state index in [1.807, 2.05) is 0 Å². The third-order valence-corrected chi connectivity index (χ3v) is 3.86. The van der Waals surface area contributed by atoms with Crippen molar-refractivity contribution in [3.8, 4) is 5.75 Å². The number of alkyl carbamates (subject to hydrolysis) is 1. The monoisotopic (exact) mass is 420 g/mol. The molecule has 0 aliphatic rings. The second kappa shape index (κ2) is 9.29. The predicted octanol–water partition coefficient (Wildman–Crippen LogP) is 3.60. The van der Waals surface area contributed by atoms with Gasteiger partial charge < -0.3 is 24.3 Å². The van der Waals surface area contributed by atoms with E-state index in [-0.39, 0.29) is 18.7 Å². The normalized spacial score (nSPS) is 12.1. The largest absolute Gasteiger partial charge is 0.486 e. The lowest BCUT2D eigenvalue weighted by molar-refractivity contribution is -0.385. The molecule has 2 aromatic rings. The first-order valence-electron chi connectivity index (χ1n) is 9.12. The Labute approximate surface area is 172 Å². The van der Waals surface area contributed by atoms with Gasteiger partial charge in [-0.2, -0.15) is 0 Å². The van der Waals surface area contributed by atoms with E-state index in [0.29, 0.717) is 22.8 Å². The van der Waals surface area contributed by atoms with Crippen molar-refractivity contribution in [1.29, 1.82) is 0 Å². The van der Waals surface area contributed by atoms with Gasteiger partial charge in [0.2, 0.25) is 0 Å². The van der Waals surface area contributed by atoms with Gasteiger partial charge in [0.1, 0.15) is 35.5 Å². The quantitative estimate of drug-likeness (QED) is 0.487. The molecule has 2 N–H and O–H groups in total. The van der Waals surface area contributed by atoms with E-state index in [1.54, 1.807) is 45.9 Å². The molecule has 162 valence electrons. The van der Waals surface area contributed by atoms with Crippen LogP contribution in [0.2, 0.25) is 0 Å². The molecule has 10 nitrogen and oxygen atoms in total. The highest BCUT2D eigenvalue weighted by Crippen LogP contribution is 2.24. The molecule has 2 rings (SSSR count). The molecular weight excluding hydrogens is 396 g/mol. The first kappa shape index (κ1) is 22.7. The molecule has 1 amide bonds. The van der Waals surface area contributed by atoms with Crippen molar-refractivity contribution in [2.45, 2.75) is 52.4 Å². The number of nitrogens with one attached hydrogen (secondary N) is 1. The molecule has 0 fully saturated rings. The van der Waals surface area contributed by atoms with Crippen LogP contribution in [0.4, 0.5) is 10.5 Å². The van der Waals surface area contributed by atoms with Gasteiger partial charge in [-0.15, -0.1) is 0 Å². The van der Waals surface area contributed by atoms with E-state index in [2.05, 4.69) is 5.32 Å². The first-order chi connectivity index (χ1) is 13.9. The van der Waals surface area contributed by atoms with Gasteiger partial charge in [0.05, 0.1) is 4.92 Å². The van der Waals surface area contributed by atoms with Gasteiger partial charge in [-0.3, -0.25) is 10.1 Å². The summed E-state index contributed by atoms with van der Waals surface area (Å²) in [5.41, 5.74) is -0.284. The third-order valence-electron chi connectivity index (χ3n) is 3.86. The summed E-state index contributed by atoms with van der Waals surface area (Å²) in [5, 5.41) is 22.5. The van der Waals surface area contributed by atoms with E-state index < -0.39 is 28.6 Å². The van der Waals surface area contributed by atoms with E-state index in [9.17, 15) is 24.8 Å². The molecule has 0 saturated carbocycles. The molecule has 0 bridgehead atoms. The molecule has 0 aliphatic heterocycles. The fourth-order valence-corrected chi connectivity index (χ4v) is 2.54. The van der Waals surface area contributed by atoms with Crippen LogP contribution in [0.5, 0.6) is 5.75 Å². The Hall–Kier alpha value is -3.56. The van der Waals surface area contributed by atoms with Crippen LogP contribution in [0.3, 0.4) is 0 Å². The molecule has 0 saturated heterocycles. The van der Waals surface area contributed by atoms with E-state index in [1.165, 1.54) is 12.1 Å². The lowest BCUT2D eigenvalue weighted by atomic mass is 10.1. The zero-order chi connectivity index (χ0) is 22.5. The molecule has 0 aliphatic carbocycles. The Morgan fingerprint density at radius 3 is 2.47 bits per heavy atom. The average Bonchev–Trinajstić information content (AvgIpc) is 3.05. The minimum atomic E-state index is -1.23. The summed E-state index contributed by atoms with van der Waals surface area (Å²) in [4.78, 5) is 33.7. The van der Waals surface area contributed by atoms with Crippen LogP contribution in [0.15, 0.2) is 34.7 Å². The average molecular weight is 420 g/mol. The summed E-state index contributed by atoms with van der Waals surface area (Å²) >= 11 is 0. The molecule has 0 spiro atoms. The zero-order valence-corrected chi connectivity index (χ0v) is 17.1. The van der Waals surface area contributed by atoms with Crippen LogP contribution >= 0.6 is 0 Å². The van der Waals surface area contributed by atoms with Gasteiger partial charge >= 0.3 is 12.1 Å². The highest BCUT2D eigenvalue weighted by Gasteiger charge is 2.25. The summed E-state index contributed by atoms with van der Waals surface area (Å²) in [6.07, 6.45) is -0.913. The highest BCUT2D eigenvalue weighted by molar-refractivity contribution is 5.80. The summed E-state index contributed by atoms with van der Waals surface area (Å²) in [5.74, 6) is -0.0122. The summed E-state index contributed by atoms with van der Waals surface area (Å²) < 4.78 is 16.2. The van der Waals surface area contributed by atoms with E-state index in [4.69, 9.17) is 13.9 Å². The van der Waals surface area contributed by atoms with Gasteiger partial charge in [0.15, 0.2) is 0 Å². The molecule has 10 heteroatoms. The van der Waals surface area contributed by atoms with Crippen LogP contribution in [-0.2, 0) is 22.6 Å². The smallest absolute Gasteiger partial charge is 0.408 e. The van der Waals surface area contributed by atoms with Crippen molar-refractivity contribution in [3.05, 3.63) is 57.5 Å². The number of hydrogen-bond acceptors (Lipinski definition) is 7. The van der Waals surface area contributed by atoms with Crippen molar-refractivity contribution in [2.75, 3.05) is 0 Å². The maximum atomic E-state index is 11.8. The summed E-state index contributed by atoms with van der Waals surface area (Å²) in [7, 11) is 0. The number of nitrogens with zero attached hydrogens (tertiary/aromatic N) is 1. The van der Waals surface area contributed by atoms with Crippen molar-refractivity contribution >= 4 is 17.7 Å². The molecular formula is C20H24N2O8. The van der Waals surface area contributed by atoms with Gasteiger partial charge in [-0.25, -0.2) is 9.59 Å². The number of carboxylic acid groups (broad SMARTS) is 1. The minimum absolute atomic E-state index is 0.000153. The molecule has 1 atom stereocenters. The Bertz CT molecular complexity index is 929. The number of benzene rings is 1. The fraction of sp³-hybridized carbons (Fsp3) is 0.400.